The molecule has 4 rings (SSSR count). The first kappa shape index (κ1) is 21.2. The second-order valence-electron chi connectivity index (χ2n) is 7.84. The van der Waals surface area contributed by atoms with Crippen molar-refractivity contribution in [3.63, 3.8) is 0 Å². The van der Waals surface area contributed by atoms with Gasteiger partial charge >= 0.3 is 0 Å². The summed E-state index contributed by atoms with van der Waals surface area (Å²) in [5.74, 6) is -0.153. The molecule has 1 fully saturated rings. The molecular formula is C23H23ClFN5O. The molecule has 3 heterocycles. The quantitative estimate of drug-likeness (QED) is 0.590. The van der Waals surface area contributed by atoms with Crippen LogP contribution in [0.2, 0.25) is 5.02 Å². The maximum Gasteiger partial charge on any atom is 0.254 e. The molecule has 0 radical (unpaired) electrons. The summed E-state index contributed by atoms with van der Waals surface area (Å²) in [5.41, 5.74) is 4.03. The van der Waals surface area contributed by atoms with Crippen LogP contribution in [-0.2, 0) is 0 Å². The number of halogens is 2. The monoisotopic (exact) mass is 439 g/mol. The van der Waals surface area contributed by atoms with Gasteiger partial charge in [-0.1, -0.05) is 11.6 Å². The van der Waals surface area contributed by atoms with Gasteiger partial charge in [0.15, 0.2) is 0 Å². The van der Waals surface area contributed by atoms with Gasteiger partial charge in [0.1, 0.15) is 5.82 Å². The molecule has 0 aliphatic carbocycles. The second kappa shape index (κ2) is 8.59. The van der Waals surface area contributed by atoms with Crippen molar-refractivity contribution in [1.82, 2.24) is 19.9 Å². The molecule has 0 bridgehead atoms. The Morgan fingerprint density at radius 3 is 2.74 bits per heavy atom. The number of aromatic nitrogens is 3. The minimum absolute atomic E-state index is 0.0633. The van der Waals surface area contributed by atoms with E-state index in [0.717, 1.165) is 35.2 Å². The summed E-state index contributed by atoms with van der Waals surface area (Å²) >= 11 is 5.92. The molecule has 160 valence electrons. The Morgan fingerprint density at radius 2 is 2.03 bits per heavy atom. The highest BCUT2D eigenvalue weighted by Crippen LogP contribution is 2.38. The Bertz CT molecular complexity index is 1140. The van der Waals surface area contributed by atoms with Gasteiger partial charge < -0.3 is 9.80 Å². The number of nitrogens with zero attached hydrogens (tertiary/aromatic N) is 5. The van der Waals surface area contributed by atoms with Gasteiger partial charge in [-0.3, -0.25) is 9.78 Å². The van der Waals surface area contributed by atoms with Crippen LogP contribution in [0, 0.1) is 12.7 Å². The molecule has 1 saturated heterocycles. The molecule has 2 aromatic heterocycles. The van der Waals surface area contributed by atoms with Crippen molar-refractivity contribution in [3.05, 3.63) is 70.5 Å². The van der Waals surface area contributed by atoms with Crippen molar-refractivity contribution in [1.29, 1.82) is 0 Å². The van der Waals surface area contributed by atoms with Gasteiger partial charge in [-0.2, -0.15) is 0 Å². The first-order chi connectivity index (χ1) is 14.9. The van der Waals surface area contributed by atoms with E-state index in [1.54, 1.807) is 17.3 Å². The molecule has 1 aliphatic heterocycles. The molecule has 1 aliphatic rings. The number of carbonyl (C=O) groups is 1. The number of carbonyl (C=O) groups excluding carboxylic acids is 1. The van der Waals surface area contributed by atoms with Crippen molar-refractivity contribution in [2.75, 3.05) is 25.5 Å². The van der Waals surface area contributed by atoms with Gasteiger partial charge in [0.25, 0.3) is 5.91 Å². The van der Waals surface area contributed by atoms with E-state index in [0.29, 0.717) is 18.1 Å². The van der Waals surface area contributed by atoms with Crippen molar-refractivity contribution in [2.24, 2.45) is 0 Å². The number of aryl methyl sites for hydroxylation is 1. The average molecular weight is 440 g/mol. The van der Waals surface area contributed by atoms with Gasteiger partial charge in [-0.25, -0.2) is 14.4 Å². The van der Waals surface area contributed by atoms with E-state index in [4.69, 9.17) is 16.6 Å². The summed E-state index contributed by atoms with van der Waals surface area (Å²) in [7, 11) is 3.77. The van der Waals surface area contributed by atoms with Crippen LogP contribution in [0.25, 0.3) is 11.1 Å². The second-order valence-corrected chi connectivity index (χ2v) is 8.25. The molecule has 6 nitrogen and oxygen atoms in total. The predicted octanol–water partition coefficient (Wildman–Crippen LogP) is 4.68. The lowest BCUT2D eigenvalue weighted by molar-refractivity contribution is 0.0733. The minimum atomic E-state index is -0.543. The van der Waals surface area contributed by atoms with Crippen LogP contribution < -0.4 is 4.90 Å². The normalized spacial score (nSPS) is 15.9. The molecule has 0 N–H and O–H groups in total. The predicted molar refractivity (Wildman–Crippen MR) is 119 cm³/mol. The largest absolute Gasteiger partial charge is 0.347 e. The molecule has 1 aromatic carbocycles. The fraction of sp³-hybridized carbons (Fsp3) is 0.304. The lowest BCUT2D eigenvalue weighted by Gasteiger charge is -2.27. The number of rotatable bonds is 4. The van der Waals surface area contributed by atoms with Crippen LogP contribution in [0.1, 0.15) is 40.5 Å². The number of amides is 1. The first-order valence-corrected chi connectivity index (χ1v) is 10.5. The zero-order valence-corrected chi connectivity index (χ0v) is 18.4. The van der Waals surface area contributed by atoms with E-state index in [1.807, 2.05) is 38.2 Å². The number of hydrogen-bond donors (Lipinski definition) is 0. The summed E-state index contributed by atoms with van der Waals surface area (Å²) in [6.07, 6.45) is 6.99. The summed E-state index contributed by atoms with van der Waals surface area (Å²) in [4.78, 5) is 30.5. The van der Waals surface area contributed by atoms with Crippen LogP contribution in [0.3, 0.4) is 0 Å². The minimum Gasteiger partial charge on any atom is -0.347 e. The number of benzene rings is 1. The Balaban J connectivity index is 1.79. The number of likely N-dealkylation sites (tertiary alicyclic amines) is 1. The van der Waals surface area contributed by atoms with Gasteiger partial charge in [0.05, 0.1) is 16.8 Å². The van der Waals surface area contributed by atoms with Crippen molar-refractivity contribution < 1.29 is 9.18 Å². The molecule has 3 aromatic rings. The molecule has 0 saturated carbocycles. The highest BCUT2D eigenvalue weighted by molar-refractivity contribution is 6.31. The fourth-order valence-corrected chi connectivity index (χ4v) is 4.11. The first-order valence-electron chi connectivity index (χ1n) is 10.1. The van der Waals surface area contributed by atoms with E-state index in [9.17, 15) is 9.18 Å². The van der Waals surface area contributed by atoms with Crippen LogP contribution in [0.5, 0.6) is 0 Å². The molecular weight excluding hydrogens is 417 g/mol. The van der Waals surface area contributed by atoms with E-state index < -0.39 is 5.82 Å². The maximum atomic E-state index is 13.6. The van der Waals surface area contributed by atoms with Crippen molar-refractivity contribution in [2.45, 2.75) is 25.8 Å². The highest BCUT2D eigenvalue weighted by Gasteiger charge is 2.34. The third-order valence-corrected chi connectivity index (χ3v) is 5.80. The van der Waals surface area contributed by atoms with Gasteiger partial charge in [-0.05, 0) is 55.2 Å². The molecule has 1 unspecified atom stereocenters. The summed E-state index contributed by atoms with van der Waals surface area (Å²) in [6.45, 7) is 2.58. The summed E-state index contributed by atoms with van der Waals surface area (Å²) in [5, 5.41) is -0.0633. The van der Waals surface area contributed by atoms with Crippen LogP contribution >= 0.6 is 11.6 Å². The molecule has 8 heteroatoms. The molecule has 0 spiro atoms. The zero-order valence-electron chi connectivity index (χ0n) is 17.6. The zero-order chi connectivity index (χ0) is 22.1. The standard InChI is InChI=1S/C23H23ClFN5O/c1-14-12-26-9-8-16(14)17-13-27-23(29(2)3)28-21(17)20-5-4-10-30(20)22(31)15-6-7-19(25)18(24)11-15/h6-9,11-13,20H,4-5,10H2,1-3H3. The maximum absolute atomic E-state index is 13.6. The molecule has 1 amide bonds. The SMILES string of the molecule is Cc1cnccc1-c1cnc(N(C)C)nc1C1CCCN1C(=O)c1ccc(F)c(Cl)c1. The third-order valence-electron chi connectivity index (χ3n) is 5.51. The van der Waals surface area contributed by atoms with E-state index >= 15 is 0 Å². The lowest BCUT2D eigenvalue weighted by atomic mass is 9.97. The van der Waals surface area contributed by atoms with Gasteiger partial charge in [0.2, 0.25) is 5.95 Å². The number of pyridine rings is 1. The Hall–Kier alpha value is -3.06. The van der Waals surface area contributed by atoms with E-state index in [2.05, 4.69) is 9.97 Å². The Labute approximate surface area is 185 Å². The molecule has 1 atom stereocenters. The van der Waals surface area contributed by atoms with E-state index in [1.165, 1.54) is 18.2 Å². The van der Waals surface area contributed by atoms with E-state index in [-0.39, 0.29) is 17.0 Å². The van der Waals surface area contributed by atoms with Crippen molar-refractivity contribution in [3.8, 4) is 11.1 Å². The smallest absolute Gasteiger partial charge is 0.254 e. The van der Waals surface area contributed by atoms with Gasteiger partial charge in [0, 0.05) is 50.4 Å². The summed E-state index contributed by atoms with van der Waals surface area (Å²) < 4.78 is 13.6. The molecule has 31 heavy (non-hydrogen) atoms. The number of hydrogen-bond acceptors (Lipinski definition) is 5. The topological polar surface area (TPSA) is 62.2 Å². The highest BCUT2D eigenvalue weighted by atomic mass is 35.5. The Kier molecular flexibility index (Phi) is 5.87. The Morgan fingerprint density at radius 1 is 1.23 bits per heavy atom. The van der Waals surface area contributed by atoms with Gasteiger partial charge in [-0.15, -0.1) is 0 Å². The average Bonchev–Trinajstić information content (AvgIpc) is 3.25. The fourth-order valence-electron chi connectivity index (χ4n) is 3.93. The van der Waals surface area contributed by atoms with Crippen LogP contribution in [0.15, 0.2) is 42.9 Å². The lowest BCUT2D eigenvalue weighted by Crippen LogP contribution is -2.31. The number of anilines is 1. The van der Waals surface area contributed by atoms with Crippen molar-refractivity contribution >= 4 is 23.5 Å². The summed E-state index contributed by atoms with van der Waals surface area (Å²) in [6, 6.07) is 5.79. The van der Waals surface area contributed by atoms with Crippen LogP contribution in [0.4, 0.5) is 10.3 Å². The third kappa shape index (κ3) is 4.10. The van der Waals surface area contributed by atoms with Crippen LogP contribution in [-0.4, -0.2) is 46.4 Å².